The molecule has 1 saturated heterocycles. The highest BCUT2D eigenvalue weighted by Gasteiger charge is 2.40. The van der Waals surface area contributed by atoms with Gasteiger partial charge < -0.3 is 20.0 Å². The SMILES string of the molecule is CC(C)CNC(=NCC(=O)N(C)C)N1CC(=O)N(C(C)C)C(C)(C)C1. The molecular weight excluding hydrogens is 318 g/mol. The molecule has 0 atom stereocenters. The van der Waals surface area contributed by atoms with Gasteiger partial charge in [0, 0.05) is 33.2 Å². The highest BCUT2D eigenvalue weighted by Crippen LogP contribution is 2.24. The van der Waals surface area contributed by atoms with E-state index in [1.807, 2.05) is 23.6 Å². The first-order chi connectivity index (χ1) is 11.5. The lowest BCUT2D eigenvalue weighted by atomic mass is 9.96. The number of rotatable bonds is 5. The second-order valence-electron chi connectivity index (χ2n) is 8.23. The molecule has 1 rings (SSSR count). The fourth-order valence-corrected chi connectivity index (χ4v) is 3.16. The van der Waals surface area contributed by atoms with E-state index in [2.05, 4.69) is 38.0 Å². The van der Waals surface area contributed by atoms with Gasteiger partial charge in [-0.2, -0.15) is 0 Å². The third-order valence-corrected chi connectivity index (χ3v) is 4.17. The zero-order valence-corrected chi connectivity index (χ0v) is 17.1. The molecule has 1 N–H and O–H groups in total. The maximum absolute atomic E-state index is 12.7. The number of piperazine rings is 1. The van der Waals surface area contributed by atoms with Crippen LogP contribution in [0.1, 0.15) is 41.5 Å². The summed E-state index contributed by atoms with van der Waals surface area (Å²) in [7, 11) is 3.43. The lowest BCUT2D eigenvalue weighted by Gasteiger charge is -2.49. The molecule has 0 aromatic rings. The van der Waals surface area contributed by atoms with E-state index in [9.17, 15) is 9.59 Å². The number of amides is 2. The number of hydrogen-bond acceptors (Lipinski definition) is 3. The van der Waals surface area contributed by atoms with Gasteiger partial charge in [0.25, 0.3) is 0 Å². The number of hydrogen-bond donors (Lipinski definition) is 1. The van der Waals surface area contributed by atoms with Crippen LogP contribution in [0.4, 0.5) is 0 Å². The summed E-state index contributed by atoms with van der Waals surface area (Å²) in [6.07, 6.45) is 0. The molecule has 1 fully saturated rings. The van der Waals surface area contributed by atoms with E-state index in [0.717, 1.165) is 6.54 Å². The van der Waals surface area contributed by atoms with E-state index in [1.165, 1.54) is 4.90 Å². The van der Waals surface area contributed by atoms with Crippen LogP contribution in [-0.4, -0.2) is 84.3 Å². The van der Waals surface area contributed by atoms with E-state index >= 15 is 0 Å². The van der Waals surface area contributed by atoms with Crippen molar-refractivity contribution in [2.24, 2.45) is 10.9 Å². The van der Waals surface area contributed by atoms with Crippen molar-refractivity contribution in [3.63, 3.8) is 0 Å². The molecule has 1 aliphatic heterocycles. The Kier molecular flexibility index (Phi) is 7.26. The molecule has 7 nitrogen and oxygen atoms in total. The smallest absolute Gasteiger partial charge is 0.243 e. The Balaban J connectivity index is 3.00. The Morgan fingerprint density at radius 2 is 1.88 bits per heavy atom. The number of nitrogens with one attached hydrogen (secondary N) is 1. The van der Waals surface area contributed by atoms with Crippen LogP contribution in [0.2, 0.25) is 0 Å². The zero-order chi connectivity index (χ0) is 19.4. The van der Waals surface area contributed by atoms with E-state index in [4.69, 9.17) is 0 Å². The maximum atomic E-state index is 12.7. The Labute approximate surface area is 152 Å². The molecule has 0 aromatic heterocycles. The highest BCUT2D eigenvalue weighted by atomic mass is 16.2. The van der Waals surface area contributed by atoms with Crippen molar-refractivity contribution in [3.05, 3.63) is 0 Å². The Bertz CT molecular complexity index is 512. The molecule has 1 aliphatic rings. The predicted molar refractivity (Wildman–Crippen MR) is 101 cm³/mol. The normalized spacial score (nSPS) is 18.2. The van der Waals surface area contributed by atoms with Crippen LogP contribution < -0.4 is 5.32 Å². The number of likely N-dealkylation sites (N-methyl/N-ethyl adjacent to an activating group) is 1. The average Bonchev–Trinajstić information content (AvgIpc) is 2.43. The summed E-state index contributed by atoms with van der Waals surface area (Å²) in [5.74, 6) is 1.10. The van der Waals surface area contributed by atoms with Crippen molar-refractivity contribution in [1.29, 1.82) is 0 Å². The Morgan fingerprint density at radius 1 is 1.28 bits per heavy atom. The van der Waals surface area contributed by atoms with Gasteiger partial charge in [-0.15, -0.1) is 0 Å². The molecule has 0 spiro atoms. The minimum absolute atomic E-state index is 0.0600. The third kappa shape index (κ3) is 5.90. The van der Waals surface area contributed by atoms with Gasteiger partial charge in [-0.1, -0.05) is 13.8 Å². The van der Waals surface area contributed by atoms with Crippen LogP contribution in [0.5, 0.6) is 0 Å². The summed E-state index contributed by atoms with van der Waals surface area (Å²) in [4.78, 5) is 34.5. The molecule has 2 amide bonds. The van der Waals surface area contributed by atoms with Gasteiger partial charge in [0.2, 0.25) is 11.8 Å². The summed E-state index contributed by atoms with van der Waals surface area (Å²) in [6.45, 7) is 14.2. The third-order valence-electron chi connectivity index (χ3n) is 4.17. The number of guanidine groups is 1. The Hall–Kier alpha value is -1.79. The number of aliphatic imine (C=N–C) groups is 1. The van der Waals surface area contributed by atoms with E-state index in [1.54, 1.807) is 14.1 Å². The van der Waals surface area contributed by atoms with Crippen LogP contribution in [-0.2, 0) is 9.59 Å². The molecule has 25 heavy (non-hydrogen) atoms. The van der Waals surface area contributed by atoms with Crippen LogP contribution >= 0.6 is 0 Å². The molecule has 144 valence electrons. The van der Waals surface area contributed by atoms with Crippen molar-refractivity contribution in [3.8, 4) is 0 Å². The first kappa shape index (κ1) is 21.3. The van der Waals surface area contributed by atoms with Crippen molar-refractivity contribution >= 4 is 17.8 Å². The van der Waals surface area contributed by atoms with Gasteiger partial charge in [-0.05, 0) is 33.6 Å². The molecule has 0 unspecified atom stereocenters. The largest absolute Gasteiger partial charge is 0.356 e. The van der Waals surface area contributed by atoms with Gasteiger partial charge in [0.15, 0.2) is 5.96 Å². The summed E-state index contributed by atoms with van der Waals surface area (Å²) < 4.78 is 0. The molecule has 0 aromatic carbocycles. The second kappa shape index (κ2) is 8.54. The van der Waals surface area contributed by atoms with E-state index in [-0.39, 0.29) is 36.5 Å². The van der Waals surface area contributed by atoms with Crippen LogP contribution in [0.25, 0.3) is 0 Å². The fourth-order valence-electron chi connectivity index (χ4n) is 3.16. The van der Waals surface area contributed by atoms with E-state index < -0.39 is 0 Å². The molecule has 1 heterocycles. The van der Waals surface area contributed by atoms with Crippen molar-refractivity contribution in [2.45, 2.75) is 53.1 Å². The summed E-state index contributed by atoms with van der Waals surface area (Å²) in [6, 6.07) is 0.156. The lowest BCUT2D eigenvalue weighted by Crippen LogP contribution is -2.66. The Morgan fingerprint density at radius 3 is 2.32 bits per heavy atom. The van der Waals surface area contributed by atoms with Gasteiger partial charge in [0.05, 0.1) is 12.1 Å². The molecular formula is C18H35N5O2. The fraction of sp³-hybridized carbons (Fsp3) is 0.833. The highest BCUT2D eigenvalue weighted by molar-refractivity contribution is 5.90. The van der Waals surface area contributed by atoms with Crippen molar-refractivity contribution in [2.75, 3.05) is 40.3 Å². The van der Waals surface area contributed by atoms with Crippen LogP contribution in [0.15, 0.2) is 4.99 Å². The summed E-state index contributed by atoms with van der Waals surface area (Å²) in [5.41, 5.74) is -0.296. The zero-order valence-electron chi connectivity index (χ0n) is 17.1. The summed E-state index contributed by atoms with van der Waals surface area (Å²) in [5, 5.41) is 3.32. The molecule has 0 aliphatic carbocycles. The van der Waals surface area contributed by atoms with Crippen molar-refractivity contribution < 1.29 is 9.59 Å². The minimum Gasteiger partial charge on any atom is -0.356 e. The number of carbonyl (C=O) groups excluding carboxylic acids is 2. The monoisotopic (exact) mass is 353 g/mol. The van der Waals surface area contributed by atoms with Crippen LogP contribution in [0.3, 0.4) is 0 Å². The van der Waals surface area contributed by atoms with Crippen molar-refractivity contribution in [1.82, 2.24) is 20.0 Å². The first-order valence-corrected chi connectivity index (χ1v) is 9.01. The standard InChI is InChI=1S/C18H35N5O2/c1-13(2)9-19-17(20-10-15(24)21(7)8)22-11-16(25)23(14(3)4)18(5,6)12-22/h13-14H,9-12H2,1-8H3,(H,19,20). The summed E-state index contributed by atoms with van der Waals surface area (Å²) >= 11 is 0. The average molecular weight is 354 g/mol. The van der Waals surface area contributed by atoms with Crippen LogP contribution in [0, 0.1) is 5.92 Å². The van der Waals surface area contributed by atoms with Gasteiger partial charge in [-0.3, -0.25) is 9.59 Å². The minimum atomic E-state index is -0.296. The number of nitrogens with zero attached hydrogens (tertiary/aromatic N) is 4. The molecule has 7 heteroatoms. The van der Waals surface area contributed by atoms with Gasteiger partial charge >= 0.3 is 0 Å². The molecule has 0 bridgehead atoms. The quantitative estimate of drug-likeness (QED) is 0.592. The van der Waals surface area contributed by atoms with E-state index in [0.29, 0.717) is 18.4 Å². The molecule has 0 saturated carbocycles. The topological polar surface area (TPSA) is 68.2 Å². The first-order valence-electron chi connectivity index (χ1n) is 9.01. The molecule has 0 radical (unpaired) electrons. The second-order valence-corrected chi connectivity index (χ2v) is 8.23. The van der Waals surface area contributed by atoms with Gasteiger partial charge in [-0.25, -0.2) is 4.99 Å². The predicted octanol–water partition coefficient (Wildman–Crippen LogP) is 1.01. The lowest BCUT2D eigenvalue weighted by molar-refractivity contribution is -0.145. The number of carbonyl (C=O) groups is 2. The van der Waals surface area contributed by atoms with Gasteiger partial charge in [0.1, 0.15) is 6.54 Å². The maximum Gasteiger partial charge on any atom is 0.243 e.